The van der Waals surface area contributed by atoms with E-state index in [2.05, 4.69) is 50.0 Å². The lowest BCUT2D eigenvalue weighted by atomic mass is 9.82. The Morgan fingerprint density at radius 2 is 2.11 bits per heavy atom. The Morgan fingerprint density at radius 1 is 1.39 bits per heavy atom. The summed E-state index contributed by atoms with van der Waals surface area (Å²) in [6.45, 7) is 11.9. The van der Waals surface area contributed by atoms with Gasteiger partial charge in [0.05, 0.1) is 0 Å². The van der Waals surface area contributed by atoms with Gasteiger partial charge in [-0.1, -0.05) is 27.7 Å². The van der Waals surface area contributed by atoms with Crippen LogP contribution in [-0.4, -0.2) is 21.1 Å². The Hall–Kier alpha value is -1.58. The predicted octanol–water partition coefficient (Wildman–Crippen LogP) is 3.13. The lowest BCUT2D eigenvalue weighted by Crippen LogP contribution is -2.25. The van der Waals surface area contributed by atoms with Crippen molar-refractivity contribution in [1.29, 1.82) is 0 Å². The summed E-state index contributed by atoms with van der Waals surface area (Å²) < 4.78 is 1.80. The van der Waals surface area contributed by atoms with Gasteiger partial charge in [0.2, 0.25) is 5.95 Å². The van der Waals surface area contributed by atoms with Gasteiger partial charge in [-0.15, -0.1) is 5.10 Å². The summed E-state index contributed by atoms with van der Waals surface area (Å²) in [6.07, 6.45) is 1.94. The van der Waals surface area contributed by atoms with E-state index in [-0.39, 0.29) is 0 Å². The molecule has 0 radical (unpaired) electrons. The number of nitrogens with zero attached hydrogens (tertiary/aromatic N) is 3. The molecule has 0 saturated carbocycles. The molecule has 0 aliphatic carbocycles. The van der Waals surface area contributed by atoms with Gasteiger partial charge in [0, 0.05) is 12.7 Å². The highest BCUT2D eigenvalue weighted by atomic mass is 15.3. The number of fused-ring (bicyclic) bond motifs is 1. The Bertz CT molecular complexity index is 536. The molecule has 0 aliphatic rings. The van der Waals surface area contributed by atoms with E-state index in [0.29, 0.717) is 17.3 Å². The molecular weight excluding hydrogens is 224 g/mol. The van der Waals surface area contributed by atoms with Gasteiger partial charge in [-0.2, -0.15) is 4.98 Å². The number of hydrogen-bond acceptors (Lipinski definition) is 3. The van der Waals surface area contributed by atoms with E-state index in [4.69, 9.17) is 0 Å². The Labute approximate surface area is 108 Å². The van der Waals surface area contributed by atoms with Crippen molar-refractivity contribution >= 4 is 11.6 Å². The van der Waals surface area contributed by atoms with Crippen LogP contribution in [0.5, 0.6) is 0 Å². The average molecular weight is 246 g/mol. The van der Waals surface area contributed by atoms with Crippen LogP contribution in [0.15, 0.2) is 18.3 Å². The van der Waals surface area contributed by atoms with Crippen LogP contribution in [0.2, 0.25) is 0 Å². The molecule has 0 bridgehead atoms. The monoisotopic (exact) mass is 246 g/mol. The van der Waals surface area contributed by atoms with Gasteiger partial charge >= 0.3 is 0 Å². The zero-order valence-electron chi connectivity index (χ0n) is 11.9. The van der Waals surface area contributed by atoms with Crippen LogP contribution >= 0.6 is 0 Å². The van der Waals surface area contributed by atoms with Crippen molar-refractivity contribution in [2.24, 2.45) is 11.3 Å². The molecule has 18 heavy (non-hydrogen) atoms. The number of nitrogens with one attached hydrogen (secondary N) is 1. The smallest absolute Gasteiger partial charge is 0.243 e. The normalized spacial score (nSPS) is 13.8. The topological polar surface area (TPSA) is 42.2 Å². The van der Waals surface area contributed by atoms with Crippen LogP contribution in [0.4, 0.5) is 5.95 Å². The molecular formula is C14H22N4. The van der Waals surface area contributed by atoms with Crippen molar-refractivity contribution < 1.29 is 0 Å². The third-order valence-electron chi connectivity index (χ3n) is 3.54. The molecule has 0 fully saturated rings. The van der Waals surface area contributed by atoms with E-state index >= 15 is 0 Å². The summed E-state index contributed by atoms with van der Waals surface area (Å²) >= 11 is 0. The fraction of sp³-hybridized carbons (Fsp3) is 0.571. The fourth-order valence-corrected chi connectivity index (χ4v) is 1.61. The summed E-state index contributed by atoms with van der Waals surface area (Å²) in [5, 5.41) is 7.72. The molecule has 0 amide bonds. The van der Waals surface area contributed by atoms with E-state index in [1.54, 1.807) is 4.52 Å². The second kappa shape index (κ2) is 4.59. The Balaban J connectivity index is 2.09. The minimum Gasteiger partial charge on any atom is -0.353 e. The molecule has 2 rings (SSSR count). The highest BCUT2D eigenvalue weighted by molar-refractivity contribution is 5.45. The molecule has 2 heterocycles. The van der Waals surface area contributed by atoms with Gasteiger partial charge in [-0.25, -0.2) is 4.52 Å². The molecule has 1 N–H and O–H groups in total. The maximum atomic E-state index is 4.47. The quantitative estimate of drug-likeness (QED) is 0.904. The lowest BCUT2D eigenvalue weighted by Gasteiger charge is -2.27. The summed E-state index contributed by atoms with van der Waals surface area (Å²) in [5.41, 5.74) is 2.38. The first-order valence-electron chi connectivity index (χ1n) is 6.43. The Morgan fingerprint density at radius 3 is 2.78 bits per heavy atom. The van der Waals surface area contributed by atoms with Gasteiger partial charge in [0.15, 0.2) is 5.65 Å². The number of aromatic nitrogens is 3. The van der Waals surface area contributed by atoms with Crippen LogP contribution in [0, 0.1) is 18.3 Å². The van der Waals surface area contributed by atoms with E-state index < -0.39 is 0 Å². The molecule has 4 heteroatoms. The molecule has 2 aromatic heterocycles. The molecule has 2 aromatic rings. The summed E-state index contributed by atoms with van der Waals surface area (Å²) in [6, 6.07) is 4.06. The highest BCUT2D eigenvalue weighted by Gasteiger charge is 2.19. The SMILES string of the molecule is Cc1ccn2nc(NCC(C)C(C)(C)C)nc2c1. The molecule has 4 nitrogen and oxygen atoms in total. The first kappa shape index (κ1) is 12.9. The van der Waals surface area contributed by atoms with E-state index in [1.807, 2.05) is 18.3 Å². The molecule has 0 saturated heterocycles. The lowest BCUT2D eigenvalue weighted by molar-refractivity contribution is 0.274. The zero-order chi connectivity index (χ0) is 13.3. The number of aryl methyl sites for hydroxylation is 1. The fourth-order valence-electron chi connectivity index (χ4n) is 1.61. The number of hydrogen-bond donors (Lipinski definition) is 1. The van der Waals surface area contributed by atoms with Gasteiger partial charge < -0.3 is 5.32 Å². The van der Waals surface area contributed by atoms with E-state index in [9.17, 15) is 0 Å². The minimum absolute atomic E-state index is 0.294. The third kappa shape index (κ3) is 2.81. The number of rotatable bonds is 3. The van der Waals surface area contributed by atoms with Gasteiger partial charge in [0.1, 0.15) is 0 Å². The predicted molar refractivity (Wildman–Crippen MR) is 74.8 cm³/mol. The second-order valence-corrected chi connectivity index (χ2v) is 6.09. The molecule has 0 aromatic carbocycles. The molecule has 98 valence electrons. The second-order valence-electron chi connectivity index (χ2n) is 6.09. The van der Waals surface area contributed by atoms with Crippen molar-refractivity contribution in [1.82, 2.24) is 14.6 Å². The first-order chi connectivity index (χ1) is 8.36. The molecule has 1 unspecified atom stereocenters. The van der Waals surface area contributed by atoms with Crippen LogP contribution < -0.4 is 5.32 Å². The van der Waals surface area contributed by atoms with Crippen LogP contribution in [0.25, 0.3) is 5.65 Å². The van der Waals surface area contributed by atoms with E-state index in [0.717, 1.165) is 12.2 Å². The zero-order valence-corrected chi connectivity index (χ0v) is 11.9. The minimum atomic E-state index is 0.294. The number of pyridine rings is 1. The standard InChI is InChI=1S/C14H22N4/c1-10-6-7-18-12(8-10)16-13(17-18)15-9-11(2)14(3,4)5/h6-8,11H,9H2,1-5H3,(H,15,17). The average Bonchev–Trinajstić information content (AvgIpc) is 2.66. The maximum absolute atomic E-state index is 4.47. The van der Waals surface area contributed by atoms with Crippen LogP contribution in [0.1, 0.15) is 33.3 Å². The van der Waals surface area contributed by atoms with Crippen LogP contribution in [-0.2, 0) is 0 Å². The molecule has 0 spiro atoms. The Kier molecular flexibility index (Phi) is 3.28. The van der Waals surface area contributed by atoms with Crippen molar-refractivity contribution in [2.75, 3.05) is 11.9 Å². The van der Waals surface area contributed by atoms with Crippen molar-refractivity contribution in [3.63, 3.8) is 0 Å². The maximum Gasteiger partial charge on any atom is 0.243 e. The van der Waals surface area contributed by atoms with Crippen molar-refractivity contribution in [3.8, 4) is 0 Å². The van der Waals surface area contributed by atoms with Crippen molar-refractivity contribution in [3.05, 3.63) is 23.9 Å². The van der Waals surface area contributed by atoms with Gasteiger partial charge in [-0.05, 0) is 36.0 Å². The first-order valence-corrected chi connectivity index (χ1v) is 6.43. The highest BCUT2D eigenvalue weighted by Crippen LogP contribution is 2.25. The van der Waals surface area contributed by atoms with Crippen molar-refractivity contribution in [2.45, 2.75) is 34.6 Å². The number of anilines is 1. The van der Waals surface area contributed by atoms with Gasteiger partial charge in [0.25, 0.3) is 0 Å². The van der Waals surface area contributed by atoms with Crippen LogP contribution in [0.3, 0.4) is 0 Å². The van der Waals surface area contributed by atoms with Gasteiger partial charge in [-0.3, -0.25) is 0 Å². The largest absolute Gasteiger partial charge is 0.353 e. The molecule has 0 aliphatic heterocycles. The summed E-state index contributed by atoms with van der Waals surface area (Å²) in [5.74, 6) is 1.27. The summed E-state index contributed by atoms with van der Waals surface area (Å²) in [4.78, 5) is 4.47. The third-order valence-corrected chi connectivity index (χ3v) is 3.54. The van der Waals surface area contributed by atoms with E-state index in [1.165, 1.54) is 5.56 Å². The summed E-state index contributed by atoms with van der Waals surface area (Å²) in [7, 11) is 0. The molecule has 1 atom stereocenters.